The zero-order valence-electron chi connectivity index (χ0n) is 47.7. The summed E-state index contributed by atoms with van der Waals surface area (Å²) in [6.45, 7) is 28.8. The summed E-state index contributed by atoms with van der Waals surface area (Å²) in [5, 5.41) is 51.1. The summed E-state index contributed by atoms with van der Waals surface area (Å²) in [6.07, 6.45) is 30.1. The minimum Gasteiger partial charge on any atom is -0.507 e. The topological polar surface area (TPSA) is 277 Å². The molecule has 0 bridgehead atoms. The lowest BCUT2D eigenvalue weighted by Crippen LogP contribution is -2.37. The first-order chi connectivity index (χ1) is 34.4. The van der Waals surface area contributed by atoms with Crippen molar-refractivity contribution in [1.29, 1.82) is 0 Å². The number of ether oxygens (including phenoxy) is 1. The Morgan fingerprint density at radius 3 is 1.73 bits per heavy atom. The molecule has 1 heterocycles. The Hall–Kier alpha value is -4.41. The van der Waals surface area contributed by atoms with E-state index in [1.54, 1.807) is 6.08 Å². The molecule has 0 spiro atoms. The quantitative estimate of drug-likeness (QED) is 0.0341. The Kier molecular flexibility index (Phi) is 37.0. The number of phenolic OH excluding ortho intramolecular Hbond substituents is 1. The average Bonchev–Trinajstić information content (AvgIpc) is 3.31. The first-order valence-corrected chi connectivity index (χ1v) is 27.3. The molecular formula is C59H101N3O11S. The number of benzene rings is 1. The van der Waals surface area contributed by atoms with Gasteiger partial charge in [0.05, 0.1) is 13.2 Å². The van der Waals surface area contributed by atoms with Gasteiger partial charge >= 0.3 is 23.9 Å². The number of carbonyl (C=O) groups is 4. The highest BCUT2D eigenvalue weighted by atomic mass is 32.1. The first-order valence-electron chi connectivity index (χ1n) is 26.6. The average molecular weight is 1060 g/mol. The highest BCUT2D eigenvalue weighted by molar-refractivity contribution is 7.80. The molecule has 1 aliphatic heterocycles. The van der Waals surface area contributed by atoms with Gasteiger partial charge in [-0.05, 0) is 145 Å². The fraction of sp³-hybridized carbons (Fsp3) is 0.661. The number of hydrogen-bond acceptors (Lipinski definition) is 11. The summed E-state index contributed by atoms with van der Waals surface area (Å²) in [7, 11) is 0. The molecule has 0 aromatic heterocycles. The monoisotopic (exact) mass is 1060 g/mol. The number of nitrogens with two attached hydrogens (primary N) is 3. The van der Waals surface area contributed by atoms with Crippen molar-refractivity contribution in [2.75, 3.05) is 18.9 Å². The number of fused-ring (bicyclic) bond motifs is 1. The number of allylic oxidation sites excluding steroid dienone is 9. The number of carboxylic acid groups (broad SMARTS) is 4. The molecule has 0 saturated carbocycles. The van der Waals surface area contributed by atoms with Gasteiger partial charge in [0.25, 0.3) is 0 Å². The second-order valence-corrected chi connectivity index (χ2v) is 22.1. The molecule has 424 valence electrons. The third kappa shape index (κ3) is 31.5. The van der Waals surface area contributed by atoms with Crippen LogP contribution in [0.3, 0.4) is 0 Å². The van der Waals surface area contributed by atoms with E-state index in [-0.39, 0.29) is 37.3 Å². The molecule has 14 nitrogen and oxygen atoms in total. The van der Waals surface area contributed by atoms with Crippen LogP contribution in [0.25, 0.3) is 0 Å². The van der Waals surface area contributed by atoms with Gasteiger partial charge in [-0.25, -0.2) is 0 Å². The Morgan fingerprint density at radius 1 is 0.730 bits per heavy atom. The zero-order valence-corrected chi connectivity index (χ0v) is 48.6. The first kappa shape index (κ1) is 71.7. The number of aliphatic carboxylic acids is 4. The van der Waals surface area contributed by atoms with E-state index in [4.69, 9.17) is 41.7 Å². The molecule has 12 N–H and O–H groups in total. The van der Waals surface area contributed by atoms with Crippen LogP contribution in [0.5, 0.6) is 11.5 Å². The molecule has 15 heteroatoms. The highest BCUT2D eigenvalue weighted by Crippen LogP contribution is 2.45. The fourth-order valence-corrected chi connectivity index (χ4v) is 8.75. The van der Waals surface area contributed by atoms with E-state index in [1.165, 1.54) is 92.9 Å². The van der Waals surface area contributed by atoms with Crippen LogP contribution < -0.4 is 21.9 Å². The largest absolute Gasteiger partial charge is 0.507 e. The normalized spacial score (nSPS) is 17.9. The smallest absolute Gasteiger partial charge is 0.321 e. The standard InChI is InChI=1S/C29H50O2.C20H30O.C5H9NO4.C3H7NO2S.C2H5NO2/c1-20(2)12-9-13-21(3)14-10-15-22(4)16-11-18-29(8)19-17-26-25(7)27(30)23(5)24(6)28(26)31-29;1-16(8-6-9-17(2)13-15-21)11-12-19-18(3)10-7-14-20(19,4)5;6-3(5(9)10)1-2-4(7)8;4-2(1-7)3(5)6;3-1-2(4)5/h20-22,30H,9-19H2,1-8H3;6,8-9,11-13,21H,7,10,14-15H2,1-5H3;3H,1-2,6H2,(H,7,8)(H,9,10);2,7H,1,4H2,(H,5,6);1,3H2,(H,4,5)/b;9-6+,12-11+,16-8+,17-13+;;;/t21-,22-,29-;;3-;2-;/m1.00./s1. The summed E-state index contributed by atoms with van der Waals surface area (Å²) in [5.41, 5.74) is 24.4. The van der Waals surface area contributed by atoms with Crippen LogP contribution in [0.2, 0.25) is 0 Å². The number of aromatic hydroxyl groups is 1. The van der Waals surface area contributed by atoms with Gasteiger partial charge in [-0.1, -0.05) is 140 Å². The van der Waals surface area contributed by atoms with Gasteiger partial charge in [-0.2, -0.15) is 12.6 Å². The molecule has 0 radical (unpaired) electrons. The van der Waals surface area contributed by atoms with E-state index < -0.39 is 36.0 Å². The molecule has 0 saturated heterocycles. The molecule has 0 unspecified atom stereocenters. The maximum atomic E-state index is 10.4. The minimum absolute atomic E-state index is 0.0231. The van der Waals surface area contributed by atoms with E-state index in [1.807, 2.05) is 32.9 Å². The van der Waals surface area contributed by atoms with Gasteiger partial charge in [-0.3, -0.25) is 19.2 Å². The van der Waals surface area contributed by atoms with Crippen molar-refractivity contribution in [1.82, 2.24) is 0 Å². The predicted octanol–water partition coefficient (Wildman–Crippen LogP) is 12.0. The number of phenols is 1. The second kappa shape index (κ2) is 38.2. The van der Waals surface area contributed by atoms with Crippen LogP contribution in [0, 0.1) is 43.9 Å². The van der Waals surface area contributed by atoms with Crippen molar-refractivity contribution >= 4 is 36.5 Å². The van der Waals surface area contributed by atoms with Gasteiger partial charge in [0.1, 0.15) is 29.2 Å². The van der Waals surface area contributed by atoms with Crippen LogP contribution >= 0.6 is 12.6 Å². The SMILES string of the molecule is CC1=C(/C=C/C(C)=C/C=C/C(C)=C/CO)C(C)(C)CCC1.Cc1c(C)c2c(c(C)c1O)CC[C@@](C)(CCC[C@H](C)CCC[C@H](C)CCCC(C)C)O2.NCC(=O)O.N[C@@H](CCC(=O)O)C(=O)O.N[C@@H](CS)C(=O)O. The summed E-state index contributed by atoms with van der Waals surface area (Å²) in [5.74, 6) is 0.0565. The molecule has 1 aliphatic carbocycles. The van der Waals surface area contributed by atoms with Crippen molar-refractivity contribution in [3.05, 3.63) is 81.0 Å². The second-order valence-electron chi connectivity index (χ2n) is 21.7. The van der Waals surface area contributed by atoms with Crippen molar-refractivity contribution in [2.45, 2.75) is 210 Å². The van der Waals surface area contributed by atoms with E-state index in [0.29, 0.717) is 11.2 Å². The van der Waals surface area contributed by atoms with Gasteiger partial charge in [0.15, 0.2) is 0 Å². The number of aliphatic hydroxyl groups excluding tert-OH is 1. The maximum Gasteiger partial charge on any atom is 0.321 e. The lowest BCUT2D eigenvalue weighted by molar-refractivity contribution is -0.140. The fourth-order valence-electron chi connectivity index (χ4n) is 8.60. The number of rotatable bonds is 24. The molecule has 74 heavy (non-hydrogen) atoms. The van der Waals surface area contributed by atoms with Crippen molar-refractivity contribution in [2.24, 2.45) is 40.4 Å². The molecule has 1 aromatic rings. The van der Waals surface area contributed by atoms with E-state index >= 15 is 0 Å². The van der Waals surface area contributed by atoms with Crippen molar-refractivity contribution in [3.63, 3.8) is 0 Å². The summed E-state index contributed by atoms with van der Waals surface area (Å²) >= 11 is 3.65. The van der Waals surface area contributed by atoms with E-state index in [2.05, 4.69) is 106 Å². The molecule has 1 aromatic carbocycles. The number of hydrogen-bond donors (Lipinski definition) is 10. The molecule has 5 atom stereocenters. The van der Waals surface area contributed by atoms with Crippen LogP contribution in [0.15, 0.2) is 58.7 Å². The molecule has 0 fully saturated rings. The minimum atomic E-state index is -1.17. The van der Waals surface area contributed by atoms with E-state index in [9.17, 15) is 24.3 Å². The lowest BCUT2D eigenvalue weighted by atomic mass is 9.72. The molecule has 0 amide bonds. The van der Waals surface area contributed by atoms with Gasteiger partial charge in [-0.15, -0.1) is 0 Å². The Balaban J connectivity index is 0. The van der Waals surface area contributed by atoms with Crippen LogP contribution in [-0.4, -0.2) is 91.1 Å². The summed E-state index contributed by atoms with van der Waals surface area (Å²) in [4.78, 5) is 38.9. The van der Waals surface area contributed by atoms with Gasteiger partial charge < -0.3 is 52.6 Å². The van der Waals surface area contributed by atoms with Crippen LogP contribution in [0.4, 0.5) is 0 Å². The van der Waals surface area contributed by atoms with E-state index in [0.717, 1.165) is 65.0 Å². The summed E-state index contributed by atoms with van der Waals surface area (Å²) < 4.78 is 6.60. The number of carboxylic acids is 4. The summed E-state index contributed by atoms with van der Waals surface area (Å²) in [6, 6.07) is -1.88. The molecule has 2 aliphatic rings. The zero-order chi connectivity index (χ0) is 57.4. The number of aliphatic hydroxyl groups is 1. The highest BCUT2D eigenvalue weighted by Gasteiger charge is 2.34. The lowest BCUT2D eigenvalue weighted by Gasteiger charge is -2.38. The predicted molar refractivity (Wildman–Crippen MR) is 306 cm³/mol. The van der Waals surface area contributed by atoms with Crippen LogP contribution in [-0.2, 0) is 25.6 Å². The molecular weight excluding hydrogens is 959 g/mol. The van der Waals surface area contributed by atoms with Gasteiger partial charge in [0.2, 0.25) is 0 Å². The van der Waals surface area contributed by atoms with Crippen molar-refractivity contribution < 1.29 is 54.6 Å². The maximum absolute atomic E-state index is 10.4. The number of thiol groups is 1. The van der Waals surface area contributed by atoms with Crippen molar-refractivity contribution in [3.8, 4) is 11.5 Å². The van der Waals surface area contributed by atoms with Gasteiger partial charge in [0, 0.05) is 17.7 Å². The Morgan fingerprint density at radius 2 is 1.27 bits per heavy atom. The van der Waals surface area contributed by atoms with Crippen LogP contribution in [0.1, 0.15) is 188 Å². The third-order valence-electron chi connectivity index (χ3n) is 13.7. The Labute approximate surface area is 451 Å². The Bertz CT molecular complexity index is 2020. The molecule has 3 rings (SSSR count). The third-order valence-corrected chi connectivity index (χ3v) is 14.1.